The van der Waals surface area contributed by atoms with Gasteiger partial charge in [0.15, 0.2) is 0 Å². The number of carbonyl (C=O) groups is 1. The Morgan fingerprint density at radius 3 is 2.79 bits per heavy atom. The first-order chi connectivity index (χ1) is 14.2. The molecule has 152 valence electrons. The highest BCUT2D eigenvalue weighted by Crippen LogP contribution is 2.21. The molecule has 3 aromatic heterocycles. The van der Waals surface area contributed by atoms with Gasteiger partial charge in [-0.25, -0.2) is 14.8 Å². The van der Waals surface area contributed by atoms with Crippen LogP contribution in [0.25, 0.3) is 11.3 Å². The highest BCUT2D eigenvalue weighted by Gasteiger charge is 2.06. The van der Waals surface area contributed by atoms with Crippen LogP contribution < -0.4 is 15.4 Å². The number of aryl methyl sites for hydroxylation is 1. The van der Waals surface area contributed by atoms with Crippen molar-refractivity contribution in [1.29, 1.82) is 0 Å². The Hall–Kier alpha value is -3.04. The van der Waals surface area contributed by atoms with Crippen LogP contribution in [0.5, 0.6) is 5.88 Å². The van der Waals surface area contributed by atoms with Crippen molar-refractivity contribution >= 4 is 23.1 Å². The molecule has 9 heteroatoms. The molecular weight excluding hydrogens is 390 g/mol. The molecule has 8 nitrogen and oxygen atoms in total. The Kier molecular flexibility index (Phi) is 7.90. The molecule has 0 spiro atoms. The van der Waals surface area contributed by atoms with E-state index in [0.29, 0.717) is 31.3 Å². The fourth-order valence-electron chi connectivity index (χ4n) is 2.47. The minimum atomic E-state index is -0.267. The molecule has 3 rings (SSSR count). The summed E-state index contributed by atoms with van der Waals surface area (Å²) >= 11 is 1.63. The van der Waals surface area contributed by atoms with E-state index in [4.69, 9.17) is 9.47 Å². The number of anilines is 1. The van der Waals surface area contributed by atoms with Gasteiger partial charge in [-0.2, -0.15) is 0 Å². The van der Waals surface area contributed by atoms with Crippen molar-refractivity contribution in [3.8, 4) is 17.1 Å². The summed E-state index contributed by atoms with van der Waals surface area (Å²) in [5.74, 6) is 0.489. The summed E-state index contributed by atoms with van der Waals surface area (Å²) in [5.41, 5.74) is 2.62. The zero-order valence-corrected chi connectivity index (χ0v) is 16.9. The van der Waals surface area contributed by atoms with Gasteiger partial charge in [0.25, 0.3) is 0 Å². The topological polar surface area (TPSA) is 98.3 Å². The van der Waals surface area contributed by atoms with Crippen molar-refractivity contribution in [3.63, 3.8) is 0 Å². The zero-order chi connectivity index (χ0) is 20.3. The van der Waals surface area contributed by atoms with E-state index in [0.717, 1.165) is 29.1 Å². The lowest BCUT2D eigenvalue weighted by molar-refractivity contribution is 0.144. The minimum absolute atomic E-state index is 0.267. The quantitative estimate of drug-likeness (QED) is 0.495. The molecule has 3 heterocycles. The number of hydrogen-bond donors (Lipinski definition) is 2. The Balaban J connectivity index is 1.35. The molecule has 0 aliphatic heterocycles. The molecule has 29 heavy (non-hydrogen) atoms. The highest BCUT2D eigenvalue weighted by atomic mass is 32.1. The number of urea groups is 1. The summed E-state index contributed by atoms with van der Waals surface area (Å²) in [7, 11) is 1.61. The maximum Gasteiger partial charge on any atom is 0.319 e. The highest BCUT2D eigenvalue weighted by molar-refractivity contribution is 7.09. The van der Waals surface area contributed by atoms with E-state index in [-0.39, 0.29) is 6.03 Å². The maximum absolute atomic E-state index is 12.0. The van der Waals surface area contributed by atoms with Crippen LogP contribution in [0.1, 0.15) is 11.4 Å². The van der Waals surface area contributed by atoms with Crippen molar-refractivity contribution in [1.82, 2.24) is 20.3 Å². The predicted octanol–water partition coefficient (Wildman–Crippen LogP) is 3.38. The third-order valence-corrected chi connectivity index (χ3v) is 4.82. The standard InChI is InChI=1S/C20H23N5O3S/c1-27-11-12-28-18-5-4-16(13-23-18)24-20(26)22-8-2-3-19-25-17(14-29-19)15-6-9-21-10-7-15/h4-7,9-10,13-14H,2-3,8,11-12H2,1H3,(H2,22,24,26). The summed E-state index contributed by atoms with van der Waals surface area (Å²) in [6.07, 6.45) is 6.69. The number of rotatable bonds is 10. The van der Waals surface area contributed by atoms with Gasteiger partial charge in [-0.05, 0) is 24.6 Å². The normalized spacial score (nSPS) is 10.5. The van der Waals surface area contributed by atoms with E-state index in [1.165, 1.54) is 0 Å². The number of nitrogens with one attached hydrogen (secondary N) is 2. The number of thiazole rings is 1. The average Bonchev–Trinajstić information content (AvgIpc) is 3.22. The van der Waals surface area contributed by atoms with E-state index in [2.05, 4.69) is 25.6 Å². The van der Waals surface area contributed by atoms with Crippen molar-refractivity contribution in [3.05, 3.63) is 53.2 Å². The average molecular weight is 414 g/mol. The molecule has 0 atom stereocenters. The van der Waals surface area contributed by atoms with Gasteiger partial charge in [-0.15, -0.1) is 11.3 Å². The minimum Gasteiger partial charge on any atom is -0.475 e. The summed E-state index contributed by atoms with van der Waals surface area (Å²) in [5, 5.41) is 8.68. The molecule has 0 aliphatic carbocycles. The van der Waals surface area contributed by atoms with Crippen molar-refractivity contribution in [2.75, 3.05) is 32.2 Å². The lowest BCUT2D eigenvalue weighted by atomic mass is 10.2. The molecule has 2 N–H and O–H groups in total. The predicted molar refractivity (Wildman–Crippen MR) is 112 cm³/mol. The molecule has 2 amide bonds. The molecule has 0 unspecified atom stereocenters. The van der Waals surface area contributed by atoms with Crippen LogP contribution in [-0.4, -0.2) is 47.9 Å². The summed E-state index contributed by atoms with van der Waals surface area (Å²) in [6.45, 7) is 1.48. The number of carbonyl (C=O) groups excluding carboxylic acids is 1. The van der Waals surface area contributed by atoms with Gasteiger partial charge < -0.3 is 20.1 Å². The number of nitrogens with zero attached hydrogens (tertiary/aromatic N) is 3. The lowest BCUT2D eigenvalue weighted by Crippen LogP contribution is -2.29. The fraction of sp³-hybridized carbons (Fsp3) is 0.300. The van der Waals surface area contributed by atoms with Gasteiger partial charge in [0, 0.05) is 49.5 Å². The fourth-order valence-corrected chi connectivity index (χ4v) is 3.32. The number of hydrogen-bond acceptors (Lipinski definition) is 7. The summed E-state index contributed by atoms with van der Waals surface area (Å²) < 4.78 is 10.3. The van der Waals surface area contributed by atoms with Gasteiger partial charge in [0.05, 0.1) is 29.2 Å². The van der Waals surface area contributed by atoms with E-state index >= 15 is 0 Å². The first-order valence-corrected chi connectivity index (χ1v) is 10.1. The molecule has 0 bridgehead atoms. The lowest BCUT2D eigenvalue weighted by Gasteiger charge is -2.08. The van der Waals surface area contributed by atoms with Crippen LogP contribution in [0.15, 0.2) is 48.2 Å². The Labute approximate surface area is 173 Å². The molecule has 0 radical (unpaired) electrons. The Morgan fingerprint density at radius 2 is 2.03 bits per heavy atom. The van der Waals surface area contributed by atoms with Crippen molar-refractivity contribution in [2.45, 2.75) is 12.8 Å². The maximum atomic E-state index is 12.0. The van der Waals surface area contributed by atoms with E-state index < -0.39 is 0 Å². The van der Waals surface area contributed by atoms with Crippen molar-refractivity contribution < 1.29 is 14.3 Å². The van der Waals surface area contributed by atoms with Gasteiger partial charge in [-0.1, -0.05) is 0 Å². The Morgan fingerprint density at radius 1 is 1.17 bits per heavy atom. The second-order valence-electron chi connectivity index (χ2n) is 6.07. The van der Waals surface area contributed by atoms with Crippen LogP contribution in [0.2, 0.25) is 0 Å². The number of aromatic nitrogens is 3. The second-order valence-corrected chi connectivity index (χ2v) is 7.02. The number of ether oxygens (including phenoxy) is 2. The first-order valence-electron chi connectivity index (χ1n) is 9.22. The summed E-state index contributed by atoms with van der Waals surface area (Å²) in [4.78, 5) is 24.8. The molecule has 0 saturated carbocycles. The molecule has 3 aromatic rings. The van der Waals surface area contributed by atoms with Crippen LogP contribution in [0.3, 0.4) is 0 Å². The van der Waals surface area contributed by atoms with Crippen molar-refractivity contribution in [2.24, 2.45) is 0 Å². The molecule has 0 saturated heterocycles. The molecule has 0 aromatic carbocycles. The van der Waals surface area contributed by atoms with E-state index in [1.54, 1.807) is 49.2 Å². The second kappa shape index (κ2) is 11.1. The molecule has 0 fully saturated rings. The van der Waals surface area contributed by atoms with Crippen LogP contribution in [0, 0.1) is 0 Å². The smallest absolute Gasteiger partial charge is 0.319 e. The molecular formula is C20H23N5O3S. The van der Waals surface area contributed by atoms with Gasteiger partial charge in [-0.3, -0.25) is 4.98 Å². The first kappa shape index (κ1) is 20.7. The van der Waals surface area contributed by atoms with Crippen LogP contribution in [0.4, 0.5) is 10.5 Å². The number of pyridine rings is 2. The van der Waals surface area contributed by atoms with Gasteiger partial charge >= 0.3 is 6.03 Å². The number of methoxy groups -OCH3 is 1. The van der Waals surface area contributed by atoms with Gasteiger partial charge in [0.2, 0.25) is 5.88 Å². The van der Waals surface area contributed by atoms with Crippen LogP contribution in [-0.2, 0) is 11.2 Å². The largest absolute Gasteiger partial charge is 0.475 e. The number of amides is 2. The summed E-state index contributed by atoms with van der Waals surface area (Å²) in [6, 6.07) is 7.06. The molecule has 0 aliphatic rings. The Bertz CT molecular complexity index is 887. The van der Waals surface area contributed by atoms with Crippen LogP contribution >= 0.6 is 11.3 Å². The van der Waals surface area contributed by atoms with E-state index in [1.807, 2.05) is 17.5 Å². The SMILES string of the molecule is COCCOc1ccc(NC(=O)NCCCc2nc(-c3ccncc3)cs2)cn1. The zero-order valence-electron chi connectivity index (χ0n) is 16.1. The third kappa shape index (κ3) is 6.81. The van der Waals surface area contributed by atoms with E-state index in [9.17, 15) is 4.79 Å². The monoisotopic (exact) mass is 413 g/mol. The third-order valence-electron chi connectivity index (χ3n) is 3.91. The van der Waals surface area contributed by atoms with Gasteiger partial charge in [0.1, 0.15) is 6.61 Å².